The molecule has 2 aromatic heterocycles. The van der Waals surface area contributed by atoms with Gasteiger partial charge in [-0.05, 0) is 17.2 Å². The van der Waals surface area contributed by atoms with Gasteiger partial charge in [0.25, 0.3) is 5.60 Å². The van der Waals surface area contributed by atoms with Crippen molar-refractivity contribution >= 4 is 34.7 Å². The van der Waals surface area contributed by atoms with Crippen molar-refractivity contribution in [2.45, 2.75) is 30.8 Å². The molecule has 41 heavy (non-hydrogen) atoms. The largest absolute Gasteiger partial charge is 0.479 e. The Kier molecular flexibility index (Phi) is 9.31. The van der Waals surface area contributed by atoms with Crippen LogP contribution in [0.1, 0.15) is 18.2 Å². The summed E-state index contributed by atoms with van der Waals surface area (Å²) in [6, 6.07) is 17.8. The molecule has 0 radical (unpaired) electrons. The molecule has 5 rings (SSSR count). The molecule has 4 aromatic rings. The highest BCUT2D eigenvalue weighted by Crippen LogP contribution is 2.37. The van der Waals surface area contributed by atoms with E-state index in [2.05, 4.69) is 20.9 Å². The summed E-state index contributed by atoms with van der Waals surface area (Å²) in [5, 5.41) is 26.8. The predicted octanol–water partition coefficient (Wildman–Crippen LogP) is 3.46. The molecule has 0 spiro atoms. The lowest BCUT2D eigenvalue weighted by atomic mass is 9.94. The molecular weight excluding hydrogens is 552 g/mol. The number of aliphatic hydroxyl groups excluding tert-OH is 1. The van der Waals surface area contributed by atoms with E-state index in [4.69, 9.17) is 32.6 Å². The van der Waals surface area contributed by atoms with Crippen LogP contribution in [0.25, 0.3) is 22.4 Å². The van der Waals surface area contributed by atoms with Gasteiger partial charge in [0.1, 0.15) is 17.4 Å². The van der Waals surface area contributed by atoms with Gasteiger partial charge in [0.05, 0.1) is 25.0 Å². The van der Waals surface area contributed by atoms with Crippen LogP contribution in [0.15, 0.2) is 67.0 Å². The molecule has 1 saturated heterocycles. The molecule has 3 unspecified atom stereocenters. The first-order chi connectivity index (χ1) is 19.8. The number of aliphatic hydroxyl groups is 1. The second kappa shape index (κ2) is 12.9. The molecule has 3 atom stereocenters. The number of aliphatic carboxylic acids is 2. The Morgan fingerprint density at radius 1 is 1.10 bits per heavy atom. The second-order valence-electron chi connectivity index (χ2n) is 9.08. The van der Waals surface area contributed by atoms with Gasteiger partial charge >= 0.3 is 11.9 Å². The highest BCUT2D eigenvalue weighted by molar-refractivity contribution is 6.28. The minimum absolute atomic E-state index is 0.0306. The van der Waals surface area contributed by atoms with Crippen molar-refractivity contribution in [1.29, 1.82) is 0 Å². The van der Waals surface area contributed by atoms with Gasteiger partial charge in [-0.3, -0.25) is 4.57 Å². The quantitative estimate of drug-likeness (QED) is 0.153. The van der Waals surface area contributed by atoms with Crippen LogP contribution in [0.2, 0.25) is 5.28 Å². The number of imidazole rings is 1. The summed E-state index contributed by atoms with van der Waals surface area (Å²) >= 11 is 6.25. The lowest BCUT2D eigenvalue weighted by Gasteiger charge is -2.27. The third-order valence-electron chi connectivity index (χ3n) is 6.68. The van der Waals surface area contributed by atoms with E-state index in [9.17, 15) is 19.8 Å². The van der Waals surface area contributed by atoms with Crippen LogP contribution in [0, 0.1) is 18.3 Å². The van der Waals surface area contributed by atoms with Gasteiger partial charge in [0, 0.05) is 25.5 Å². The minimum Gasteiger partial charge on any atom is -0.479 e. The summed E-state index contributed by atoms with van der Waals surface area (Å²) in [5.74, 6) is -1.07. The van der Waals surface area contributed by atoms with Gasteiger partial charge in [0.2, 0.25) is 5.28 Å². The standard InChI is InChI=1S/C28H23ClN4O6.CH4O/c1-2-18-13-21(33-16-30-23-22(19-11-7-4-8-12-19)31-27(29)32-24(23)33)39-20(18)15-38-28(25(34)35,26(36)37)14-17-9-5-3-6-10-17;1-2/h1,3-12,16,18,20-21H,13-15H2,(H,34,35)(H,36,37);2H,1H3. The number of rotatable bonds is 9. The highest BCUT2D eigenvalue weighted by Gasteiger charge is 2.50. The molecule has 0 bridgehead atoms. The van der Waals surface area contributed by atoms with Crippen molar-refractivity contribution in [3.05, 3.63) is 77.8 Å². The fourth-order valence-electron chi connectivity index (χ4n) is 4.65. The Bertz CT molecular complexity index is 1540. The van der Waals surface area contributed by atoms with E-state index in [1.165, 1.54) is 0 Å². The Morgan fingerprint density at radius 3 is 2.34 bits per heavy atom. The molecule has 3 heterocycles. The van der Waals surface area contributed by atoms with Crippen molar-refractivity contribution in [3.63, 3.8) is 0 Å². The highest BCUT2D eigenvalue weighted by atomic mass is 35.5. The van der Waals surface area contributed by atoms with Gasteiger partial charge in [-0.1, -0.05) is 60.7 Å². The Balaban J connectivity index is 0.00000189. The average Bonchev–Trinajstić information content (AvgIpc) is 3.60. The number of nitrogens with zero attached hydrogens (tertiary/aromatic N) is 4. The molecule has 11 nitrogen and oxygen atoms in total. The number of carbonyl (C=O) groups is 2. The van der Waals surface area contributed by atoms with Crippen LogP contribution in [-0.4, -0.2) is 72.2 Å². The number of benzene rings is 2. The maximum Gasteiger partial charge on any atom is 0.348 e. The molecule has 1 aliphatic rings. The third kappa shape index (κ3) is 6.06. The van der Waals surface area contributed by atoms with Crippen LogP contribution in [0.4, 0.5) is 0 Å². The first kappa shape index (κ1) is 29.6. The SMILES string of the molecule is C#CC1CC(n2cnc3c(-c4ccccc4)nc(Cl)nc32)OC1COC(Cc1ccccc1)(C(=O)O)C(=O)O.CO. The van der Waals surface area contributed by atoms with E-state index in [1.807, 2.05) is 30.3 Å². The first-order valence-electron chi connectivity index (χ1n) is 12.5. The molecular formula is C29H27ClN4O7. The zero-order valence-corrected chi connectivity index (χ0v) is 22.7. The topological polar surface area (TPSA) is 157 Å². The fraction of sp³-hybridized carbons (Fsp3) is 0.276. The Morgan fingerprint density at radius 2 is 1.73 bits per heavy atom. The molecule has 0 saturated carbocycles. The maximum absolute atomic E-state index is 12.2. The zero-order chi connectivity index (χ0) is 29.6. The third-order valence-corrected chi connectivity index (χ3v) is 6.85. The van der Waals surface area contributed by atoms with Gasteiger partial charge in [0.15, 0.2) is 5.65 Å². The van der Waals surface area contributed by atoms with Crippen molar-refractivity contribution in [1.82, 2.24) is 19.5 Å². The van der Waals surface area contributed by atoms with E-state index in [0.717, 1.165) is 12.7 Å². The molecule has 212 valence electrons. The normalized spacial score (nSPS) is 18.3. The van der Waals surface area contributed by atoms with E-state index in [-0.39, 0.29) is 18.3 Å². The molecule has 0 aliphatic carbocycles. The summed E-state index contributed by atoms with van der Waals surface area (Å²) in [5.41, 5.74) is 0.306. The summed E-state index contributed by atoms with van der Waals surface area (Å²) in [6.07, 6.45) is 5.88. The number of ether oxygens (including phenoxy) is 2. The van der Waals surface area contributed by atoms with E-state index in [0.29, 0.717) is 28.8 Å². The van der Waals surface area contributed by atoms with Crippen LogP contribution in [0.3, 0.4) is 0 Å². The average molecular weight is 579 g/mol. The van der Waals surface area contributed by atoms with Crippen LogP contribution in [0.5, 0.6) is 0 Å². The first-order valence-corrected chi connectivity index (χ1v) is 12.9. The van der Waals surface area contributed by atoms with E-state index < -0.39 is 35.8 Å². The van der Waals surface area contributed by atoms with Crippen molar-refractivity contribution in [2.24, 2.45) is 5.92 Å². The summed E-state index contributed by atoms with van der Waals surface area (Å²) in [6.45, 7) is -0.353. The summed E-state index contributed by atoms with van der Waals surface area (Å²) in [4.78, 5) is 37.6. The predicted molar refractivity (Wildman–Crippen MR) is 149 cm³/mol. The summed E-state index contributed by atoms with van der Waals surface area (Å²) < 4.78 is 13.5. The number of carboxylic acid groups (broad SMARTS) is 2. The molecule has 0 amide bonds. The number of fused-ring (bicyclic) bond motifs is 1. The van der Waals surface area contributed by atoms with E-state index in [1.54, 1.807) is 41.2 Å². The van der Waals surface area contributed by atoms with Gasteiger partial charge in [-0.15, -0.1) is 12.3 Å². The fourth-order valence-corrected chi connectivity index (χ4v) is 4.82. The molecule has 1 aliphatic heterocycles. The molecule has 3 N–H and O–H groups in total. The molecule has 2 aromatic carbocycles. The second-order valence-corrected chi connectivity index (χ2v) is 9.42. The van der Waals surface area contributed by atoms with Gasteiger partial charge in [-0.2, -0.15) is 4.98 Å². The number of terminal acetylenes is 1. The van der Waals surface area contributed by atoms with Gasteiger partial charge < -0.3 is 24.8 Å². The maximum atomic E-state index is 12.2. The zero-order valence-electron chi connectivity index (χ0n) is 21.9. The minimum atomic E-state index is -2.52. The summed E-state index contributed by atoms with van der Waals surface area (Å²) in [7, 11) is 1.00. The van der Waals surface area contributed by atoms with Crippen LogP contribution in [-0.2, 0) is 25.5 Å². The van der Waals surface area contributed by atoms with Crippen LogP contribution >= 0.6 is 11.6 Å². The van der Waals surface area contributed by atoms with Crippen molar-refractivity contribution in [2.75, 3.05) is 13.7 Å². The van der Waals surface area contributed by atoms with E-state index >= 15 is 0 Å². The lowest BCUT2D eigenvalue weighted by molar-refractivity contribution is -0.188. The van der Waals surface area contributed by atoms with Crippen LogP contribution < -0.4 is 0 Å². The van der Waals surface area contributed by atoms with Gasteiger partial charge in [-0.25, -0.2) is 19.6 Å². The number of hydrogen-bond acceptors (Lipinski definition) is 8. The monoisotopic (exact) mass is 578 g/mol. The Hall–Kier alpha value is -4.34. The number of halogens is 1. The number of carboxylic acids is 2. The van der Waals surface area contributed by atoms with Crippen molar-refractivity contribution in [3.8, 4) is 23.6 Å². The smallest absolute Gasteiger partial charge is 0.348 e. The lowest BCUT2D eigenvalue weighted by Crippen LogP contribution is -2.52. The van der Waals surface area contributed by atoms with Crippen molar-refractivity contribution < 1.29 is 34.4 Å². The Labute approximate surface area is 240 Å². The number of hydrogen-bond donors (Lipinski definition) is 3. The molecule has 1 fully saturated rings. The number of aromatic nitrogens is 4. The molecule has 12 heteroatoms.